The molecule has 1 N–H and O–H groups in total. The summed E-state index contributed by atoms with van der Waals surface area (Å²) in [5.41, 5.74) is 0.648. The summed E-state index contributed by atoms with van der Waals surface area (Å²) in [5, 5.41) is -0.477. The van der Waals surface area contributed by atoms with E-state index in [0.29, 0.717) is 5.56 Å². The highest BCUT2D eigenvalue weighted by atomic mass is 32.2. The Balaban J connectivity index is 2.56. The van der Waals surface area contributed by atoms with Gasteiger partial charge in [-0.15, -0.1) is 0 Å². The Morgan fingerprint density at radius 3 is 2.41 bits per heavy atom. The predicted octanol–water partition coefficient (Wildman–Crippen LogP) is 1.51. The van der Waals surface area contributed by atoms with Crippen molar-refractivity contribution in [1.82, 2.24) is 4.72 Å². The van der Waals surface area contributed by atoms with Crippen LogP contribution in [-0.4, -0.2) is 20.2 Å². The molecule has 1 rings (SSSR count). The van der Waals surface area contributed by atoms with E-state index in [1.165, 1.54) is 12.1 Å². The molecular formula is C12H14FNO2S. The van der Waals surface area contributed by atoms with Gasteiger partial charge in [-0.25, -0.2) is 17.5 Å². The molecule has 1 aromatic carbocycles. The normalized spacial score (nSPS) is 11.1. The van der Waals surface area contributed by atoms with Crippen molar-refractivity contribution in [3.63, 3.8) is 0 Å². The van der Waals surface area contributed by atoms with E-state index in [0.717, 1.165) is 0 Å². The highest BCUT2D eigenvalue weighted by Crippen LogP contribution is 2.00. The number of nitrogens with one attached hydrogen (secondary N) is 1. The van der Waals surface area contributed by atoms with Crippen LogP contribution in [0.25, 0.3) is 0 Å². The second-order valence-corrected chi connectivity index (χ2v) is 6.05. The van der Waals surface area contributed by atoms with Crippen LogP contribution < -0.4 is 4.72 Å². The largest absolute Gasteiger partial charge is 0.214 e. The molecule has 0 aliphatic carbocycles. The molecule has 0 fully saturated rings. The smallest absolute Gasteiger partial charge is 0.212 e. The third-order valence-electron chi connectivity index (χ3n) is 2.06. The van der Waals surface area contributed by atoms with Crippen LogP contribution in [0.15, 0.2) is 24.3 Å². The molecule has 0 saturated carbocycles. The van der Waals surface area contributed by atoms with Crippen molar-refractivity contribution in [3.8, 4) is 11.8 Å². The molecule has 0 amide bonds. The van der Waals surface area contributed by atoms with Gasteiger partial charge in [0.05, 0.1) is 11.8 Å². The molecule has 17 heavy (non-hydrogen) atoms. The maximum atomic E-state index is 12.6. The van der Waals surface area contributed by atoms with E-state index >= 15 is 0 Å². The lowest BCUT2D eigenvalue weighted by atomic mass is 10.2. The van der Waals surface area contributed by atoms with E-state index in [2.05, 4.69) is 16.6 Å². The Morgan fingerprint density at radius 1 is 1.29 bits per heavy atom. The van der Waals surface area contributed by atoms with E-state index in [1.807, 2.05) is 0 Å². The van der Waals surface area contributed by atoms with Crippen LogP contribution in [0.5, 0.6) is 0 Å². The highest BCUT2D eigenvalue weighted by molar-refractivity contribution is 7.90. The Hall–Kier alpha value is -1.38. The van der Waals surface area contributed by atoms with Crippen LogP contribution in [0.3, 0.4) is 0 Å². The maximum absolute atomic E-state index is 12.6. The van der Waals surface area contributed by atoms with Crippen molar-refractivity contribution >= 4 is 10.0 Å². The minimum absolute atomic E-state index is 0.0535. The van der Waals surface area contributed by atoms with Crippen molar-refractivity contribution in [2.45, 2.75) is 19.1 Å². The minimum Gasteiger partial charge on any atom is -0.212 e. The van der Waals surface area contributed by atoms with Gasteiger partial charge in [0.15, 0.2) is 0 Å². The quantitative estimate of drug-likeness (QED) is 0.832. The van der Waals surface area contributed by atoms with E-state index in [-0.39, 0.29) is 12.4 Å². The molecule has 0 spiro atoms. The highest BCUT2D eigenvalue weighted by Gasteiger charge is 2.13. The van der Waals surface area contributed by atoms with Gasteiger partial charge in [-0.3, -0.25) is 0 Å². The molecule has 0 unspecified atom stereocenters. The first kappa shape index (κ1) is 13.7. The van der Waals surface area contributed by atoms with Crippen LogP contribution >= 0.6 is 0 Å². The van der Waals surface area contributed by atoms with Gasteiger partial charge in [-0.2, -0.15) is 0 Å². The fourth-order valence-electron chi connectivity index (χ4n) is 0.983. The summed E-state index contributed by atoms with van der Waals surface area (Å²) in [6.45, 7) is 3.24. The number of rotatable bonds is 3. The van der Waals surface area contributed by atoms with Crippen molar-refractivity contribution < 1.29 is 12.8 Å². The standard InChI is InChI=1S/C12H14FNO2S/c1-10(2)17(15,16)14-9-3-4-11-5-7-12(13)8-6-11/h5-8,10,14H,9H2,1-2H3. The summed E-state index contributed by atoms with van der Waals surface area (Å²) in [5.74, 6) is 5.09. The second-order valence-electron chi connectivity index (χ2n) is 3.72. The van der Waals surface area contributed by atoms with Gasteiger partial charge >= 0.3 is 0 Å². The van der Waals surface area contributed by atoms with Crippen molar-refractivity contribution in [2.24, 2.45) is 0 Å². The summed E-state index contributed by atoms with van der Waals surface area (Å²) in [6, 6.07) is 5.70. The third kappa shape index (κ3) is 4.55. The van der Waals surface area contributed by atoms with Gasteiger partial charge in [0.25, 0.3) is 0 Å². The molecular weight excluding hydrogens is 241 g/mol. The van der Waals surface area contributed by atoms with Crippen LogP contribution in [0, 0.1) is 17.7 Å². The molecule has 3 nitrogen and oxygen atoms in total. The molecule has 5 heteroatoms. The summed E-state index contributed by atoms with van der Waals surface area (Å²) < 4.78 is 37.7. The number of sulfonamides is 1. The lowest BCUT2D eigenvalue weighted by Gasteiger charge is -2.05. The predicted molar refractivity (Wildman–Crippen MR) is 65.3 cm³/mol. The Morgan fingerprint density at radius 2 is 1.88 bits per heavy atom. The zero-order valence-electron chi connectivity index (χ0n) is 9.70. The Bertz CT molecular complexity index is 524. The Labute approximate surface area is 101 Å². The zero-order chi connectivity index (χ0) is 12.9. The van der Waals surface area contributed by atoms with E-state index in [1.54, 1.807) is 26.0 Å². The van der Waals surface area contributed by atoms with Crippen LogP contribution in [-0.2, 0) is 10.0 Å². The molecule has 92 valence electrons. The first-order chi connectivity index (χ1) is 7.92. The first-order valence-corrected chi connectivity index (χ1v) is 6.69. The van der Waals surface area contributed by atoms with E-state index in [9.17, 15) is 12.8 Å². The van der Waals surface area contributed by atoms with Gasteiger partial charge in [-0.05, 0) is 38.1 Å². The van der Waals surface area contributed by atoms with Crippen molar-refractivity contribution in [1.29, 1.82) is 0 Å². The second kappa shape index (κ2) is 5.80. The molecule has 0 radical (unpaired) electrons. The van der Waals surface area contributed by atoms with E-state index in [4.69, 9.17) is 0 Å². The van der Waals surface area contributed by atoms with Crippen LogP contribution in [0.4, 0.5) is 4.39 Å². The van der Waals surface area contributed by atoms with Crippen molar-refractivity contribution in [2.75, 3.05) is 6.54 Å². The molecule has 0 bridgehead atoms. The number of hydrogen-bond acceptors (Lipinski definition) is 2. The average molecular weight is 255 g/mol. The number of hydrogen-bond donors (Lipinski definition) is 1. The topological polar surface area (TPSA) is 46.2 Å². The fourth-order valence-corrected chi connectivity index (χ4v) is 1.59. The molecule has 0 atom stereocenters. The first-order valence-electron chi connectivity index (χ1n) is 5.15. The van der Waals surface area contributed by atoms with Gasteiger partial charge in [0.2, 0.25) is 10.0 Å². The lowest BCUT2D eigenvalue weighted by Crippen LogP contribution is -2.30. The number of benzene rings is 1. The zero-order valence-corrected chi connectivity index (χ0v) is 10.5. The Kier molecular flexibility index (Phi) is 4.67. The van der Waals surface area contributed by atoms with Gasteiger partial charge < -0.3 is 0 Å². The van der Waals surface area contributed by atoms with Gasteiger partial charge in [-0.1, -0.05) is 11.8 Å². The molecule has 1 aromatic rings. The molecule has 0 heterocycles. The van der Waals surface area contributed by atoms with Crippen LogP contribution in [0.1, 0.15) is 19.4 Å². The molecule has 0 aliphatic rings. The summed E-state index contributed by atoms with van der Waals surface area (Å²) in [4.78, 5) is 0. The minimum atomic E-state index is -3.27. The SMILES string of the molecule is CC(C)S(=O)(=O)NCC#Cc1ccc(F)cc1. The summed E-state index contributed by atoms with van der Waals surface area (Å²) in [7, 11) is -3.27. The third-order valence-corrected chi connectivity index (χ3v) is 3.85. The van der Waals surface area contributed by atoms with E-state index < -0.39 is 15.3 Å². The summed E-state index contributed by atoms with van der Waals surface area (Å²) >= 11 is 0. The van der Waals surface area contributed by atoms with Crippen LogP contribution in [0.2, 0.25) is 0 Å². The maximum Gasteiger partial charge on any atom is 0.214 e. The number of halogens is 1. The molecule has 0 saturated heterocycles. The molecule has 0 aliphatic heterocycles. The van der Waals surface area contributed by atoms with Gasteiger partial charge in [0.1, 0.15) is 5.82 Å². The fraction of sp³-hybridized carbons (Fsp3) is 0.333. The lowest BCUT2D eigenvalue weighted by molar-refractivity contribution is 0.577. The summed E-state index contributed by atoms with van der Waals surface area (Å²) in [6.07, 6.45) is 0. The average Bonchev–Trinajstić information content (AvgIpc) is 2.26. The van der Waals surface area contributed by atoms with Crippen molar-refractivity contribution in [3.05, 3.63) is 35.6 Å². The van der Waals surface area contributed by atoms with Gasteiger partial charge in [0, 0.05) is 5.56 Å². The molecule has 0 aromatic heterocycles. The monoisotopic (exact) mass is 255 g/mol.